The van der Waals surface area contributed by atoms with Crippen molar-refractivity contribution in [2.24, 2.45) is 5.92 Å². The molecule has 0 saturated heterocycles. The molecule has 0 aliphatic rings. The van der Waals surface area contributed by atoms with Gasteiger partial charge in [-0.1, -0.05) is 80.9 Å². The number of nitrogens with one attached hydrogen (secondary N) is 3. The molecule has 0 aliphatic heterocycles. The first-order valence-electron chi connectivity index (χ1n) is 9.40. The highest BCUT2D eigenvalue weighted by Gasteiger charge is 2.27. The van der Waals surface area contributed by atoms with Gasteiger partial charge in [-0.15, -0.1) is 0 Å². The second kappa shape index (κ2) is 10.3. The fourth-order valence-electron chi connectivity index (χ4n) is 2.93. The first-order valence-corrected chi connectivity index (χ1v) is 9.40. The molecule has 2 rings (SSSR count). The Labute approximate surface area is 165 Å². The van der Waals surface area contributed by atoms with Gasteiger partial charge in [0.25, 0.3) is 5.91 Å². The van der Waals surface area contributed by atoms with Crippen LogP contribution in [0.4, 0.5) is 4.79 Å². The topological polar surface area (TPSA) is 87.3 Å². The molecule has 2 aromatic carbocycles. The SMILES string of the molecule is CC[C@@H](C)[C@@H](NC(C)=O)C(=O)NC(=O)NC(c1ccccc1)c1ccccc1. The number of benzene rings is 2. The number of amides is 4. The lowest BCUT2D eigenvalue weighted by Gasteiger charge is -2.24. The van der Waals surface area contributed by atoms with Gasteiger partial charge in [0.15, 0.2) is 0 Å². The average molecular weight is 381 g/mol. The molecule has 0 spiro atoms. The molecule has 0 aliphatic carbocycles. The second-order valence-corrected chi connectivity index (χ2v) is 6.78. The van der Waals surface area contributed by atoms with Gasteiger partial charge in [0.1, 0.15) is 6.04 Å². The van der Waals surface area contributed by atoms with Gasteiger partial charge in [0, 0.05) is 6.92 Å². The molecule has 28 heavy (non-hydrogen) atoms. The molecular weight excluding hydrogens is 354 g/mol. The summed E-state index contributed by atoms with van der Waals surface area (Å²) in [5.41, 5.74) is 1.80. The molecule has 4 amide bonds. The monoisotopic (exact) mass is 381 g/mol. The van der Waals surface area contributed by atoms with Crippen LogP contribution in [0.1, 0.15) is 44.4 Å². The van der Waals surface area contributed by atoms with E-state index in [4.69, 9.17) is 0 Å². The van der Waals surface area contributed by atoms with E-state index >= 15 is 0 Å². The van der Waals surface area contributed by atoms with Crippen molar-refractivity contribution in [2.45, 2.75) is 39.3 Å². The molecule has 0 bridgehead atoms. The van der Waals surface area contributed by atoms with Crippen LogP contribution in [-0.2, 0) is 9.59 Å². The lowest BCUT2D eigenvalue weighted by molar-refractivity contribution is -0.128. The number of hydrogen-bond donors (Lipinski definition) is 3. The van der Waals surface area contributed by atoms with E-state index in [1.54, 1.807) is 0 Å². The van der Waals surface area contributed by atoms with Crippen LogP contribution in [0.25, 0.3) is 0 Å². The summed E-state index contributed by atoms with van der Waals surface area (Å²) in [5, 5.41) is 7.85. The summed E-state index contributed by atoms with van der Waals surface area (Å²) < 4.78 is 0. The summed E-state index contributed by atoms with van der Waals surface area (Å²) in [6, 6.07) is 17.3. The minimum absolute atomic E-state index is 0.101. The highest BCUT2D eigenvalue weighted by molar-refractivity contribution is 5.98. The van der Waals surface area contributed by atoms with Crippen LogP contribution in [0.5, 0.6) is 0 Å². The average Bonchev–Trinajstić information content (AvgIpc) is 2.70. The maximum atomic E-state index is 12.6. The Balaban J connectivity index is 2.15. The number of imide groups is 1. The zero-order valence-corrected chi connectivity index (χ0v) is 16.4. The van der Waals surface area contributed by atoms with E-state index in [2.05, 4.69) is 16.0 Å². The lowest BCUT2D eigenvalue weighted by Crippen LogP contribution is -2.53. The fraction of sp³-hybridized carbons (Fsp3) is 0.318. The third-order valence-electron chi connectivity index (χ3n) is 4.63. The minimum atomic E-state index is -0.764. The Morgan fingerprint density at radius 3 is 1.79 bits per heavy atom. The molecule has 0 heterocycles. The summed E-state index contributed by atoms with van der Waals surface area (Å²) in [4.78, 5) is 36.5. The molecule has 3 N–H and O–H groups in total. The summed E-state index contributed by atoms with van der Waals surface area (Å²) >= 11 is 0. The van der Waals surface area contributed by atoms with Gasteiger partial charge >= 0.3 is 6.03 Å². The Morgan fingerprint density at radius 1 is 0.857 bits per heavy atom. The third kappa shape index (κ3) is 5.94. The van der Waals surface area contributed by atoms with E-state index in [0.717, 1.165) is 11.1 Å². The standard InChI is InChI=1S/C22H27N3O3/c1-4-15(2)19(23-16(3)26)21(27)25-22(28)24-20(17-11-7-5-8-12-17)18-13-9-6-10-14-18/h5-15,19-20H,4H2,1-3H3,(H,23,26)(H2,24,25,27,28)/t15-,19-/m1/s1. The van der Waals surface area contributed by atoms with Crippen molar-refractivity contribution in [2.75, 3.05) is 0 Å². The molecule has 6 heteroatoms. The van der Waals surface area contributed by atoms with Crippen molar-refractivity contribution in [3.63, 3.8) is 0 Å². The predicted octanol–water partition coefficient (Wildman–Crippen LogP) is 3.15. The molecule has 0 aromatic heterocycles. The largest absolute Gasteiger partial charge is 0.344 e. The molecule has 2 atom stereocenters. The molecule has 2 aromatic rings. The second-order valence-electron chi connectivity index (χ2n) is 6.78. The molecule has 0 radical (unpaired) electrons. The van der Waals surface area contributed by atoms with Gasteiger partial charge in [-0.05, 0) is 17.0 Å². The fourth-order valence-corrected chi connectivity index (χ4v) is 2.93. The van der Waals surface area contributed by atoms with E-state index in [-0.39, 0.29) is 11.8 Å². The van der Waals surface area contributed by atoms with Crippen LogP contribution in [0.2, 0.25) is 0 Å². The van der Waals surface area contributed by atoms with Crippen LogP contribution in [0, 0.1) is 5.92 Å². The predicted molar refractivity (Wildman–Crippen MR) is 108 cm³/mol. The molecule has 0 fully saturated rings. The van der Waals surface area contributed by atoms with Gasteiger partial charge in [-0.2, -0.15) is 0 Å². The minimum Gasteiger partial charge on any atom is -0.344 e. The summed E-state index contributed by atoms with van der Waals surface area (Å²) in [6.07, 6.45) is 0.691. The van der Waals surface area contributed by atoms with E-state index in [1.165, 1.54) is 6.92 Å². The van der Waals surface area contributed by atoms with Gasteiger partial charge in [0.2, 0.25) is 5.91 Å². The summed E-state index contributed by atoms with van der Waals surface area (Å²) in [6.45, 7) is 5.13. The van der Waals surface area contributed by atoms with Gasteiger partial charge in [0.05, 0.1) is 6.04 Å². The number of hydrogen-bond acceptors (Lipinski definition) is 3. The van der Waals surface area contributed by atoms with Crippen molar-refractivity contribution in [3.05, 3.63) is 71.8 Å². The number of rotatable bonds is 7. The quantitative estimate of drug-likeness (QED) is 0.688. The highest BCUT2D eigenvalue weighted by atomic mass is 16.2. The summed E-state index contributed by atoms with van der Waals surface area (Å²) in [7, 11) is 0. The van der Waals surface area contributed by atoms with E-state index in [0.29, 0.717) is 6.42 Å². The third-order valence-corrected chi connectivity index (χ3v) is 4.63. The number of carbonyl (C=O) groups is 3. The first-order chi connectivity index (χ1) is 13.4. The van der Waals surface area contributed by atoms with Crippen LogP contribution < -0.4 is 16.0 Å². The molecule has 6 nitrogen and oxygen atoms in total. The van der Waals surface area contributed by atoms with Gasteiger partial charge < -0.3 is 10.6 Å². The van der Waals surface area contributed by atoms with Crippen molar-refractivity contribution in [1.29, 1.82) is 0 Å². The van der Waals surface area contributed by atoms with Crippen LogP contribution in [0.15, 0.2) is 60.7 Å². The first kappa shape index (κ1) is 21.2. The van der Waals surface area contributed by atoms with Crippen molar-refractivity contribution in [1.82, 2.24) is 16.0 Å². The van der Waals surface area contributed by atoms with E-state index < -0.39 is 24.0 Å². The number of urea groups is 1. The van der Waals surface area contributed by atoms with Gasteiger partial charge in [-0.3, -0.25) is 14.9 Å². The Bertz CT molecular complexity index is 754. The smallest absolute Gasteiger partial charge is 0.322 e. The Kier molecular flexibility index (Phi) is 7.75. The molecule has 0 unspecified atom stereocenters. The zero-order valence-electron chi connectivity index (χ0n) is 16.4. The van der Waals surface area contributed by atoms with Crippen molar-refractivity contribution in [3.8, 4) is 0 Å². The Hall–Kier alpha value is -3.15. The van der Waals surface area contributed by atoms with E-state index in [9.17, 15) is 14.4 Å². The van der Waals surface area contributed by atoms with Crippen LogP contribution in [0.3, 0.4) is 0 Å². The van der Waals surface area contributed by atoms with Crippen LogP contribution >= 0.6 is 0 Å². The summed E-state index contributed by atoms with van der Waals surface area (Å²) in [5.74, 6) is -0.940. The maximum absolute atomic E-state index is 12.6. The highest BCUT2D eigenvalue weighted by Crippen LogP contribution is 2.21. The van der Waals surface area contributed by atoms with Crippen molar-refractivity contribution >= 4 is 17.8 Å². The lowest BCUT2D eigenvalue weighted by atomic mass is 9.98. The van der Waals surface area contributed by atoms with Crippen LogP contribution in [-0.4, -0.2) is 23.9 Å². The number of carbonyl (C=O) groups excluding carboxylic acids is 3. The Morgan fingerprint density at radius 2 is 1.36 bits per heavy atom. The maximum Gasteiger partial charge on any atom is 0.322 e. The molecule has 0 saturated carbocycles. The molecular formula is C22H27N3O3. The molecule has 148 valence electrons. The normalized spacial score (nSPS) is 12.7. The van der Waals surface area contributed by atoms with E-state index in [1.807, 2.05) is 74.5 Å². The zero-order chi connectivity index (χ0) is 20.5. The van der Waals surface area contributed by atoms with Gasteiger partial charge in [-0.25, -0.2) is 4.79 Å². The van der Waals surface area contributed by atoms with Crippen molar-refractivity contribution < 1.29 is 14.4 Å².